The Morgan fingerprint density at radius 2 is 2.17 bits per heavy atom. The lowest BCUT2D eigenvalue weighted by atomic mass is 10.2. The van der Waals surface area contributed by atoms with Crippen LogP contribution < -0.4 is 5.32 Å². The second-order valence-corrected chi connectivity index (χ2v) is 6.59. The molecule has 2 rings (SSSR count). The Balaban J connectivity index is 1.79. The van der Waals surface area contributed by atoms with E-state index >= 15 is 0 Å². The first kappa shape index (κ1) is 17.3. The number of hydrogen-bond donors (Lipinski definition) is 1. The van der Waals surface area contributed by atoms with Gasteiger partial charge in [0.05, 0.1) is 19.2 Å². The average molecular weight is 324 g/mol. The molecule has 1 aromatic rings. The van der Waals surface area contributed by atoms with Gasteiger partial charge in [0.25, 0.3) is 0 Å². The molecule has 1 aromatic heterocycles. The Hall–Kier alpha value is -2.02. The lowest BCUT2D eigenvalue weighted by Crippen LogP contribution is -2.38. The Morgan fingerprint density at radius 3 is 2.83 bits per heavy atom. The number of amides is 1. The fraction of sp³-hybridized carbons (Fsp3) is 0.625. The van der Waals surface area contributed by atoms with E-state index in [4.69, 9.17) is 9.15 Å². The molecule has 1 amide bonds. The monoisotopic (exact) mass is 324 g/mol. The number of ether oxygens (including phenoxy) is 2. The molecule has 1 saturated heterocycles. The number of furan rings is 1. The Labute approximate surface area is 135 Å². The molecule has 0 aromatic carbocycles. The third kappa shape index (κ3) is 4.99. The Morgan fingerprint density at radius 1 is 1.43 bits per heavy atom. The highest BCUT2D eigenvalue weighted by Gasteiger charge is 2.29. The van der Waals surface area contributed by atoms with Crippen LogP contribution in [0.1, 0.15) is 43.3 Å². The molecule has 1 aliphatic heterocycles. The second kappa shape index (κ2) is 7.04. The summed E-state index contributed by atoms with van der Waals surface area (Å²) >= 11 is 0. The molecule has 128 valence electrons. The first-order valence-corrected chi connectivity index (χ1v) is 7.65. The van der Waals surface area contributed by atoms with Crippen molar-refractivity contribution in [2.75, 3.05) is 20.2 Å². The number of likely N-dealkylation sites (tertiary alicyclic amines) is 1. The molecule has 1 N–H and O–H groups in total. The number of carbonyl (C=O) groups excluding carboxylic acids is 2. The highest BCUT2D eigenvalue weighted by atomic mass is 16.6. The van der Waals surface area contributed by atoms with Crippen LogP contribution in [0.2, 0.25) is 0 Å². The summed E-state index contributed by atoms with van der Waals surface area (Å²) in [6, 6.07) is 1.83. The SMILES string of the molecule is COC(=O)c1coc(CNC2CCN(C(=O)OC(C)(C)C)C2)c1. The van der Waals surface area contributed by atoms with Crippen molar-refractivity contribution in [3.8, 4) is 0 Å². The fourth-order valence-electron chi connectivity index (χ4n) is 2.36. The van der Waals surface area contributed by atoms with Gasteiger partial charge >= 0.3 is 12.1 Å². The van der Waals surface area contributed by atoms with Gasteiger partial charge in [-0.2, -0.15) is 0 Å². The molecule has 2 heterocycles. The zero-order valence-corrected chi connectivity index (χ0v) is 14.0. The van der Waals surface area contributed by atoms with Crippen LogP contribution in [0.5, 0.6) is 0 Å². The molecule has 7 nitrogen and oxygen atoms in total. The molecule has 0 spiro atoms. The molecule has 0 saturated carbocycles. The summed E-state index contributed by atoms with van der Waals surface area (Å²) in [6.07, 6.45) is 1.95. The van der Waals surface area contributed by atoms with E-state index in [0.717, 1.165) is 6.42 Å². The quantitative estimate of drug-likeness (QED) is 0.855. The number of nitrogens with zero attached hydrogens (tertiary/aromatic N) is 1. The standard InChI is InChI=1S/C16H24N2O5/c1-16(2,3)23-15(20)18-6-5-12(9-18)17-8-13-7-11(10-22-13)14(19)21-4/h7,10,12,17H,5-6,8-9H2,1-4H3. The third-order valence-electron chi connectivity index (χ3n) is 3.48. The van der Waals surface area contributed by atoms with Crippen LogP contribution in [0.15, 0.2) is 16.7 Å². The lowest BCUT2D eigenvalue weighted by Gasteiger charge is -2.24. The zero-order valence-electron chi connectivity index (χ0n) is 14.0. The number of methoxy groups -OCH3 is 1. The number of nitrogens with one attached hydrogen (secondary N) is 1. The first-order chi connectivity index (χ1) is 10.8. The zero-order chi connectivity index (χ0) is 17.0. The van der Waals surface area contributed by atoms with Crippen molar-refractivity contribution in [3.63, 3.8) is 0 Å². The van der Waals surface area contributed by atoms with Gasteiger partial charge in [-0.1, -0.05) is 0 Å². The number of hydrogen-bond acceptors (Lipinski definition) is 6. The van der Waals surface area contributed by atoms with E-state index in [1.807, 2.05) is 20.8 Å². The highest BCUT2D eigenvalue weighted by Crippen LogP contribution is 2.16. The van der Waals surface area contributed by atoms with Gasteiger partial charge in [0.2, 0.25) is 0 Å². The maximum atomic E-state index is 12.0. The predicted octanol–water partition coefficient (Wildman–Crippen LogP) is 2.17. The molecular formula is C16H24N2O5. The van der Waals surface area contributed by atoms with Crippen molar-refractivity contribution in [3.05, 3.63) is 23.7 Å². The van der Waals surface area contributed by atoms with Crippen LogP contribution in [0.3, 0.4) is 0 Å². The van der Waals surface area contributed by atoms with Gasteiger partial charge in [0.15, 0.2) is 0 Å². The molecule has 1 fully saturated rings. The summed E-state index contributed by atoms with van der Waals surface area (Å²) in [6.45, 7) is 7.31. The topological polar surface area (TPSA) is 81.0 Å². The van der Waals surface area contributed by atoms with Gasteiger partial charge in [-0.15, -0.1) is 0 Å². The van der Waals surface area contributed by atoms with E-state index < -0.39 is 11.6 Å². The van der Waals surface area contributed by atoms with E-state index in [-0.39, 0.29) is 12.1 Å². The minimum Gasteiger partial charge on any atom is -0.467 e. The van der Waals surface area contributed by atoms with Crippen molar-refractivity contribution in [2.45, 2.75) is 45.4 Å². The van der Waals surface area contributed by atoms with Crippen molar-refractivity contribution >= 4 is 12.1 Å². The van der Waals surface area contributed by atoms with Gasteiger partial charge < -0.3 is 24.1 Å². The van der Waals surface area contributed by atoms with E-state index in [1.54, 1.807) is 11.0 Å². The van der Waals surface area contributed by atoms with Gasteiger partial charge in [-0.25, -0.2) is 9.59 Å². The predicted molar refractivity (Wildman–Crippen MR) is 83.1 cm³/mol. The van der Waals surface area contributed by atoms with Gasteiger partial charge in [0.1, 0.15) is 17.6 Å². The van der Waals surface area contributed by atoms with Crippen molar-refractivity contribution < 1.29 is 23.5 Å². The summed E-state index contributed by atoms with van der Waals surface area (Å²) in [4.78, 5) is 25.1. The van der Waals surface area contributed by atoms with Gasteiger partial charge in [-0.05, 0) is 33.3 Å². The normalized spacial score (nSPS) is 18.1. The highest BCUT2D eigenvalue weighted by molar-refractivity contribution is 5.88. The smallest absolute Gasteiger partial charge is 0.410 e. The van der Waals surface area contributed by atoms with E-state index in [2.05, 4.69) is 10.1 Å². The maximum Gasteiger partial charge on any atom is 0.410 e. The fourth-order valence-corrected chi connectivity index (χ4v) is 2.36. The summed E-state index contributed by atoms with van der Waals surface area (Å²) in [5.74, 6) is 0.234. The van der Waals surface area contributed by atoms with Crippen LogP contribution >= 0.6 is 0 Å². The molecule has 0 bridgehead atoms. The largest absolute Gasteiger partial charge is 0.467 e. The van der Waals surface area contributed by atoms with Gasteiger partial charge in [-0.3, -0.25) is 0 Å². The number of esters is 1. The maximum absolute atomic E-state index is 12.0. The third-order valence-corrected chi connectivity index (χ3v) is 3.48. The molecule has 0 radical (unpaired) electrons. The van der Waals surface area contributed by atoms with Crippen LogP contribution in [0.25, 0.3) is 0 Å². The number of carbonyl (C=O) groups is 2. The van der Waals surface area contributed by atoms with Crippen LogP contribution in [-0.4, -0.2) is 48.8 Å². The Kier molecular flexibility index (Phi) is 5.30. The molecule has 7 heteroatoms. The molecule has 1 aliphatic rings. The van der Waals surface area contributed by atoms with Crippen LogP contribution in [-0.2, 0) is 16.0 Å². The minimum atomic E-state index is -0.485. The molecule has 0 aliphatic carbocycles. The lowest BCUT2D eigenvalue weighted by molar-refractivity contribution is 0.0290. The van der Waals surface area contributed by atoms with E-state index in [1.165, 1.54) is 13.4 Å². The molecule has 1 atom stereocenters. The van der Waals surface area contributed by atoms with E-state index in [0.29, 0.717) is 31.0 Å². The average Bonchev–Trinajstić information content (AvgIpc) is 3.11. The first-order valence-electron chi connectivity index (χ1n) is 7.65. The molecule has 1 unspecified atom stereocenters. The summed E-state index contributed by atoms with van der Waals surface area (Å²) in [5, 5.41) is 3.32. The van der Waals surface area contributed by atoms with Gasteiger partial charge in [0, 0.05) is 19.1 Å². The second-order valence-electron chi connectivity index (χ2n) is 6.59. The molecule has 23 heavy (non-hydrogen) atoms. The Bertz CT molecular complexity index is 561. The number of rotatable bonds is 4. The summed E-state index contributed by atoms with van der Waals surface area (Å²) in [7, 11) is 1.33. The van der Waals surface area contributed by atoms with Crippen molar-refractivity contribution in [1.29, 1.82) is 0 Å². The van der Waals surface area contributed by atoms with Crippen molar-refractivity contribution in [1.82, 2.24) is 10.2 Å². The van der Waals surface area contributed by atoms with Crippen LogP contribution in [0, 0.1) is 0 Å². The minimum absolute atomic E-state index is 0.175. The molecular weight excluding hydrogens is 300 g/mol. The van der Waals surface area contributed by atoms with Crippen LogP contribution in [0.4, 0.5) is 4.79 Å². The summed E-state index contributed by atoms with van der Waals surface area (Å²) < 4.78 is 15.3. The van der Waals surface area contributed by atoms with Crippen molar-refractivity contribution in [2.24, 2.45) is 0 Å². The summed E-state index contributed by atoms with van der Waals surface area (Å²) in [5.41, 5.74) is -0.0905. The van der Waals surface area contributed by atoms with E-state index in [9.17, 15) is 9.59 Å².